The third kappa shape index (κ3) is 26.7. The van der Waals surface area contributed by atoms with Gasteiger partial charge in [0.2, 0.25) is 10.0 Å². The number of hydrogen-bond acceptors (Lipinski definition) is 4. The summed E-state index contributed by atoms with van der Waals surface area (Å²) in [5, 5.41) is 0. The molecule has 10 heteroatoms. The quantitative estimate of drug-likeness (QED) is 0.0473. The first kappa shape index (κ1) is 38.5. The zero-order valence-corrected chi connectivity index (χ0v) is 26.8. The summed E-state index contributed by atoms with van der Waals surface area (Å²) in [6.45, 7) is 4.91. The zero-order valence-electron chi connectivity index (χ0n) is 26.0. The SMILES string of the molecule is CCCCCCCCCCCCS(=O)(=O)N(CCCCCCCCN=C(N)N)CCCCCCCCN=C(N)N. The summed E-state index contributed by atoms with van der Waals surface area (Å²) in [6.07, 6.45) is 24.8. The van der Waals surface area contributed by atoms with Gasteiger partial charge in [0.15, 0.2) is 11.9 Å². The van der Waals surface area contributed by atoms with Gasteiger partial charge in [-0.05, 0) is 32.1 Å². The molecule has 0 aliphatic heterocycles. The minimum absolute atomic E-state index is 0.155. The molecular weight excluding hydrogens is 522 g/mol. The lowest BCUT2D eigenvalue weighted by Crippen LogP contribution is -2.35. The molecule has 0 spiro atoms. The van der Waals surface area contributed by atoms with Crippen LogP contribution in [0.5, 0.6) is 0 Å². The van der Waals surface area contributed by atoms with Crippen LogP contribution in [-0.2, 0) is 10.0 Å². The summed E-state index contributed by atoms with van der Waals surface area (Å²) in [4.78, 5) is 8.04. The minimum atomic E-state index is -3.20. The van der Waals surface area contributed by atoms with E-state index >= 15 is 0 Å². The summed E-state index contributed by atoms with van der Waals surface area (Å²) in [6, 6.07) is 0. The minimum Gasteiger partial charge on any atom is -0.370 e. The Bertz CT molecular complexity index is 688. The maximum Gasteiger partial charge on any atom is 0.214 e. The van der Waals surface area contributed by atoms with Crippen molar-refractivity contribution in [1.82, 2.24) is 4.31 Å². The van der Waals surface area contributed by atoms with Crippen LogP contribution in [0.25, 0.3) is 0 Å². The van der Waals surface area contributed by atoms with Crippen LogP contribution in [0.15, 0.2) is 9.98 Å². The lowest BCUT2D eigenvalue weighted by molar-refractivity contribution is 0.382. The van der Waals surface area contributed by atoms with Crippen molar-refractivity contribution >= 4 is 21.9 Å². The molecule has 0 aromatic rings. The second-order valence-electron chi connectivity index (χ2n) is 11.3. The van der Waals surface area contributed by atoms with Crippen LogP contribution in [0, 0.1) is 0 Å². The molecule has 9 nitrogen and oxygen atoms in total. The molecule has 0 rings (SSSR count). The molecule has 0 aliphatic rings. The predicted octanol–water partition coefficient (Wildman–Crippen LogP) is 5.77. The van der Waals surface area contributed by atoms with Crippen LogP contribution >= 0.6 is 0 Å². The number of sulfonamides is 1. The van der Waals surface area contributed by atoms with E-state index in [4.69, 9.17) is 22.9 Å². The first-order valence-electron chi connectivity index (χ1n) is 16.4. The Morgan fingerprint density at radius 2 is 0.825 bits per heavy atom. The lowest BCUT2D eigenvalue weighted by Gasteiger charge is -2.22. The molecule has 0 heterocycles. The smallest absolute Gasteiger partial charge is 0.214 e. The lowest BCUT2D eigenvalue weighted by atomic mass is 10.1. The fourth-order valence-electron chi connectivity index (χ4n) is 4.92. The van der Waals surface area contributed by atoms with Crippen LogP contribution in [-0.4, -0.2) is 56.6 Å². The van der Waals surface area contributed by atoms with Crippen molar-refractivity contribution in [2.24, 2.45) is 32.9 Å². The van der Waals surface area contributed by atoms with Crippen molar-refractivity contribution in [1.29, 1.82) is 0 Å². The van der Waals surface area contributed by atoms with Gasteiger partial charge < -0.3 is 22.9 Å². The number of nitrogens with zero attached hydrogens (tertiary/aromatic N) is 3. The average molecular weight is 588 g/mol. The van der Waals surface area contributed by atoms with E-state index < -0.39 is 10.0 Å². The number of unbranched alkanes of at least 4 members (excludes halogenated alkanes) is 19. The van der Waals surface area contributed by atoms with E-state index in [2.05, 4.69) is 16.9 Å². The van der Waals surface area contributed by atoms with Gasteiger partial charge in [-0.3, -0.25) is 9.98 Å². The Labute approximate surface area is 247 Å². The molecule has 40 heavy (non-hydrogen) atoms. The molecule has 0 atom stereocenters. The molecular formula is C30H65N7O2S. The summed E-state index contributed by atoms with van der Waals surface area (Å²) in [5.41, 5.74) is 21.4. The van der Waals surface area contributed by atoms with E-state index in [0.29, 0.717) is 31.9 Å². The summed E-state index contributed by atoms with van der Waals surface area (Å²) >= 11 is 0. The molecule has 0 amide bonds. The average Bonchev–Trinajstić information content (AvgIpc) is 2.90. The second-order valence-corrected chi connectivity index (χ2v) is 13.3. The fourth-order valence-corrected chi connectivity index (χ4v) is 6.56. The van der Waals surface area contributed by atoms with Crippen molar-refractivity contribution in [3.63, 3.8) is 0 Å². The number of rotatable bonds is 30. The van der Waals surface area contributed by atoms with Crippen LogP contribution in [0.4, 0.5) is 0 Å². The van der Waals surface area contributed by atoms with Crippen LogP contribution in [0.2, 0.25) is 0 Å². The van der Waals surface area contributed by atoms with Gasteiger partial charge in [0.1, 0.15) is 0 Å². The highest BCUT2D eigenvalue weighted by molar-refractivity contribution is 7.89. The number of aliphatic imine (C=N–C) groups is 2. The third-order valence-electron chi connectivity index (χ3n) is 7.37. The Balaban J connectivity index is 4.33. The topological polar surface area (TPSA) is 166 Å². The van der Waals surface area contributed by atoms with E-state index in [1.54, 1.807) is 4.31 Å². The Hall–Kier alpha value is -1.55. The van der Waals surface area contributed by atoms with Gasteiger partial charge in [-0.2, -0.15) is 0 Å². The molecule has 0 saturated heterocycles. The highest BCUT2D eigenvalue weighted by Crippen LogP contribution is 2.15. The van der Waals surface area contributed by atoms with Crippen molar-refractivity contribution in [3.05, 3.63) is 0 Å². The second kappa shape index (κ2) is 27.6. The number of guanidine groups is 2. The van der Waals surface area contributed by atoms with Gasteiger partial charge in [0, 0.05) is 26.2 Å². The molecule has 0 saturated carbocycles. The van der Waals surface area contributed by atoms with Gasteiger partial charge in [-0.25, -0.2) is 12.7 Å². The standard InChI is InChI=1S/C30H65N7O2S/c1-2-3-4-5-6-7-8-13-18-23-28-40(38,39)37(26-21-16-11-9-14-19-24-35-29(31)32)27-22-17-12-10-15-20-25-36-30(33)34/h2-28H2,1H3,(H4,31,32,35)(H4,33,34,36). The molecule has 0 radical (unpaired) electrons. The van der Waals surface area contributed by atoms with Gasteiger partial charge >= 0.3 is 0 Å². The zero-order chi connectivity index (χ0) is 29.7. The molecule has 0 aromatic carbocycles. The van der Waals surface area contributed by atoms with Crippen LogP contribution in [0.3, 0.4) is 0 Å². The van der Waals surface area contributed by atoms with E-state index in [1.165, 1.54) is 44.9 Å². The van der Waals surface area contributed by atoms with Gasteiger partial charge in [-0.15, -0.1) is 0 Å². The van der Waals surface area contributed by atoms with E-state index in [0.717, 1.165) is 96.3 Å². The highest BCUT2D eigenvalue weighted by Gasteiger charge is 2.20. The first-order chi connectivity index (χ1) is 19.3. The summed E-state index contributed by atoms with van der Waals surface area (Å²) in [7, 11) is -3.20. The fraction of sp³-hybridized carbons (Fsp3) is 0.933. The van der Waals surface area contributed by atoms with Crippen molar-refractivity contribution in [3.8, 4) is 0 Å². The number of hydrogen-bond donors (Lipinski definition) is 4. The van der Waals surface area contributed by atoms with Crippen molar-refractivity contribution in [2.75, 3.05) is 31.9 Å². The van der Waals surface area contributed by atoms with Crippen LogP contribution < -0.4 is 22.9 Å². The highest BCUT2D eigenvalue weighted by atomic mass is 32.2. The molecule has 0 bridgehead atoms. The van der Waals surface area contributed by atoms with Crippen molar-refractivity contribution < 1.29 is 8.42 Å². The van der Waals surface area contributed by atoms with Gasteiger partial charge in [0.25, 0.3) is 0 Å². The summed E-state index contributed by atoms with van der Waals surface area (Å²) < 4.78 is 28.2. The molecule has 0 aromatic heterocycles. The maximum absolute atomic E-state index is 13.2. The Kier molecular flexibility index (Phi) is 26.5. The normalized spacial score (nSPS) is 11.7. The largest absolute Gasteiger partial charge is 0.370 e. The molecule has 0 unspecified atom stereocenters. The summed E-state index contributed by atoms with van der Waals surface area (Å²) in [5.74, 6) is 0.600. The molecule has 238 valence electrons. The van der Waals surface area contributed by atoms with E-state index in [1.807, 2.05) is 0 Å². The molecule has 0 aliphatic carbocycles. The van der Waals surface area contributed by atoms with Crippen LogP contribution in [0.1, 0.15) is 148 Å². The van der Waals surface area contributed by atoms with Gasteiger partial charge in [0.05, 0.1) is 5.75 Å². The van der Waals surface area contributed by atoms with Crippen molar-refractivity contribution in [2.45, 2.75) is 148 Å². The Morgan fingerprint density at radius 1 is 0.500 bits per heavy atom. The predicted molar refractivity (Wildman–Crippen MR) is 174 cm³/mol. The van der Waals surface area contributed by atoms with E-state index in [-0.39, 0.29) is 11.9 Å². The monoisotopic (exact) mass is 587 g/mol. The van der Waals surface area contributed by atoms with Gasteiger partial charge in [-0.1, -0.05) is 116 Å². The molecule has 0 fully saturated rings. The maximum atomic E-state index is 13.2. The van der Waals surface area contributed by atoms with E-state index in [9.17, 15) is 8.42 Å². The molecule has 8 N–H and O–H groups in total. The number of nitrogens with two attached hydrogens (primary N) is 4. The third-order valence-corrected chi connectivity index (χ3v) is 9.33. The first-order valence-corrected chi connectivity index (χ1v) is 18.0. The Morgan fingerprint density at radius 3 is 1.20 bits per heavy atom.